The fourth-order valence-electron chi connectivity index (χ4n) is 3.29. The predicted molar refractivity (Wildman–Crippen MR) is 113 cm³/mol. The lowest BCUT2D eigenvalue weighted by Crippen LogP contribution is -2.28. The first-order chi connectivity index (χ1) is 15.0. The molecule has 0 unspecified atom stereocenters. The Labute approximate surface area is 179 Å². The summed E-state index contributed by atoms with van der Waals surface area (Å²) in [6.07, 6.45) is -0.0205. The molecule has 164 valence electrons. The Morgan fingerprint density at radius 3 is 2.48 bits per heavy atom. The minimum atomic E-state index is -0.692. The third kappa shape index (κ3) is 5.06. The van der Waals surface area contributed by atoms with Crippen LogP contribution in [0, 0.1) is 5.92 Å². The normalized spacial score (nSPS) is 15.4. The molecule has 1 fully saturated rings. The van der Waals surface area contributed by atoms with Gasteiger partial charge in [-0.3, -0.25) is 14.4 Å². The largest absolute Gasteiger partial charge is 0.497 e. The van der Waals surface area contributed by atoms with Gasteiger partial charge in [0, 0.05) is 19.0 Å². The van der Waals surface area contributed by atoms with Crippen molar-refractivity contribution in [2.45, 2.75) is 6.42 Å². The highest BCUT2D eigenvalue weighted by Crippen LogP contribution is 2.36. The Morgan fingerprint density at radius 1 is 1.03 bits per heavy atom. The van der Waals surface area contributed by atoms with Crippen molar-refractivity contribution >= 4 is 29.2 Å². The summed E-state index contributed by atoms with van der Waals surface area (Å²) >= 11 is 0. The van der Waals surface area contributed by atoms with Gasteiger partial charge < -0.3 is 29.2 Å². The van der Waals surface area contributed by atoms with E-state index in [2.05, 4.69) is 5.32 Å². The maximum absolute atomic E-state index is 12.5. The monoisotopic (exact) mass is 428 g/mol. The molecule has 1 N–H and O–H groups in total. The molecular formula is C22H24N2O7. The number of amides is 2. The number of ether oxygens (including phenoxy) is 4. The van der Waals surface area contributed by atoms with E-state index in [9.17, 15) is 14.4 Å². The molecule has 2 aromatic rings. The Bertz CT molecular complexity index is 976. The minimum absolute atomic E-state index is 0.0205. The van der Waals surface area contributed by atoms with Gasteiger partial charge in [-0.1, -0.05) is 12.1 Å². The van der Waals surface area contributed by atoms with E-state index >= 15 is 0 Å². The summed E-state index contributed by atoms with van der Waals surface area (Å²) in [5.41, 5.74) is 0.981. The second-order valence-electron chi connectivity index (χ2n) is 6.80. The zero-order valence-electron chi connectivity index (χ0n) is 17.5. The molecule has 0 radical (unpaired) electrons. The quantitative estimate of drug-likeness (QED) is 0.643. The third-order valence-electron chi connectivity index (χ3n) is 4.86. The van der Waals surface area contributed by atoms with E-state index < -0.39 is 24.4 Å². The summed E-state index contributed by atoms with van der Waals surface area (Å²) in [5.74, 6) is -0.524. The van der Waals surface area contributed by atoms with E-state index in [4.69, 9.17) is 18.9 Å². The van der Waals surface area contributed by atoms with Crippen LogP contribution >= 0.6 is 0 Å². The van der Waals surface area contributed by atoms with Crippen molar-refractivity contribution in [1.82, 2.24) is 0 Å². The van der Waals surface area contributed by atoms with Crippen LogP contribution in [0.2, 0.25) is 0 Å². The third-order valence-corrected chi connectivity index (χ3v) is 4.86. The number of benzene rings is 2. The first-order valence-electron chi connectivity index (χ1n) is 9.58. The number of hydrogen-bond acceptors (Lipinski definition) is 7. The number of methoxy groups -OCH3 is 3. The minimum Gasteiger partial charge on any atom is -0.497 e. The van der Waals surface area contributed by atoms with Gasteiger partial charge in [0.1, 0.15) is 17.2 Å². The Balaban J connectivity index is 1.60. The van der Waals surface area contributed by atoms with Gasteiger partial charge in [0.05, 0.1) is 38.6 Å². The van der Waals surface area contributed by atoms with Crippen LogP contribution in [0.25, 0.3) is 0 Å². The molecule has 0 spiro atoms. The second kappa shape index (κ2) is 9.84. The molecule has 0 aliphatic carbocycles. The summed E-state index contributed by atoms with van der Waals surface area (Å²) in [6, 6.07) is 12.0. The second-order valence-corrected chi connectivity index (χ2v) is 6.80. The Kier molecular flexibility index (Phi) is 6.96. The topological polar surface area (TPSA) is 103 Å². The van der Waals surface area contributed by atoms with Crippen molar-refractivity contribution in [3.05, 3.63) is 42.5 Å². The molecule has 1 aliphatic rings. The van der Waals surface area contributed by atoms with Crippen molar-refractivity contribution in [3.8, 4) is 17.2 Å². The summed E-state index contributed by atoms with van der Waals surface area (Å²) in [4.78, 5) is 38.6. The van der Waals surface area contributed by atoms with E-state index in [-0.39, 0.29) is 18.9 Å². The molecule has 31 heavy (non-hydrogen) atoms. The van der Waals surface area contributed by atoms with Gasteiger partial charge in [-0.25, -0.2) is 0 Å². The van der Waals surface area contributed by atoms with Crippen LogP contribution in [-0.4, -0.2) is 52.3 Å². The molecule has 0 saturated carbocycles. The van der Waals surface area contributed by atoms with Crippen LogP contribution in [-0.2, 0) is 19.1 Å². The van der Waals surface area contributed by atoms with Crippen molar-refractivity contribution in [2.24, 2.45) is 5.92 Å². The fraction of sp³-hybridized carbons (Fsp3) is 0.318. The number of nitrogens with one attached hydrogen (secondary N) is 1. The van der Waals surface area contributed by atoms with Gasteiger partial charge in [-0.05, 0) is 24.3 Å². The summed E-state index contributed by atoms with van der Waals surface area (Å²) in [5, 5.41) is 2.63. The number of anilines is 2. The standard InChI is InChI=1S/C22H24N2O7/c1-28-15-8-9-19(30-3)17(11-15)24-12-14(10-21(24)26)22(27)31-13-20(25)23-16-6-4-5-7-18(16)29-2/h4-9,11,14H,10,12-13H2,1-3H3,(H,23,25)/t14-/m1/s1. The highest BCUT2D eigenvalue weighted by atomic mass is 16.5. The maximum atomic E-state index is 12.5. The first-order valence-corrected chi connectivity index (χ1v) is 9.58. The van der Waals surface area contributed by atoms with Crippen molar-refractivity contribution < 1.29 is 33.3 Å². The predicted octanol–water partition coefficient (Wildman–Crippen LogP) is 2.25. The molecular weight excluding hydrogens is 404 g/mol. The molecule has 2 aromatic carbocycles. The van der Waals surface area contributed by atoms with E-state index in [0.717, 1.165) is 0 Å². The zero-order chi connectivity index (χ0) is 22.4. The van der Waals surface area contributed by atoms with Crippen molar-refractivity contribution in [1.29, 1.82) is 0 Å². The van der Waals surface area contributed by atoms with Crippen molar-refractivity contribution in [2.75, 3.05) is 44.7 Å². The maximum Gasteiger partial charge on any atom is 0.311 e. The number of rotatable bonds is 8. The average molecular weight is 428 g/mol. The van der Waals surface area contributed by atoms with E-state index in [1.165, 1.54) is 26.2 Å². The lowest BCUT2D eigenvalue weighted by atomic mass is 10.1. The van der Waals surface area contributed by atoms with Crippen LogP contribution in [0.4, 0.5) is 11.4 Å². The lowest BCUT2D eigenvalue weighted by Gasteiger charge is -2.20. The van der Waals surface area contributed by atoms with E-state index in [0.29, 0.717) is 28.6 Å². The van der Waals surface area contributed by atoms with Gasteiger partial charge in [0.2, 0.25) is 5.91 Å². The summed E-state index contributed by atoms with van der Waals surface area (Å²) in [7, 11) is 4.51. The first kappa shape index (κ1) is 21.9. The number of hydrogen-bond donors (Lipinski definition) is 1. The fourth-order valence-corrected chi connectivity index (χ4v) is 3.29. The van der Waals surface area contributed by atoms with Crippen LogP contribution in [0.5, 0.6) is 17.2 Å². The van der Waals surface area contributed by atoms with Gasteiger partial charge in [0.25, 0.3) is 5.91 Å². The molecule has 3 rings (SSSR count). The highest BCUT2D eigenvalue weighted by Gasteiger charge is 2.37. The number of esters is 1. The summed E-state index contributed by atoms with van der Waals surface area (Å²) < 4.78 is 20.9. The summed E-state index contributed by atoms with van der Waals surface area (Å²) in [6.45, 7) is -0.348. The number of carbonyl (C=O) groups excluding carboxylic acids is 3. The SMILES string of the molecule is COc1ccc(OC)c(N2C[C@H](C(=O)OCC(=O)Nc3ccccc3OC)CC2=O)c1. The molecule has 9 heteroatoms. The average Bonchev–Trinajstić information content (AvgIpc) is 3.18. The molecule has 1 atom stereocenters. The molecule has 0 aromatic heterocycles. The molecule has 1 aliphatic heterocycles. The molecule has 2 amide bonds. The van der Waals surface area contributed by atoms with E-state index in [1.54, 1.807) is 42.5 Å². The van der Waals surface area contributed by atoms with Crippen LogP contribution in [0.1, 0.15) is 6.42 Å². The zero-order valence-corrected chi connectivity index (χ0v) is 17.5. The van der Waals surface area contributed by atoms with Crippen LogP contribution in [0.3, 0.4) is 0 Å². The Morgan fingerprint density at radius 2 is 1.77 bits per heavy atom. The number of carbonyl (C=O) groups is 3. The molecule has 1 heterocycles. The van der Waals surface area contributed by atoms with Gasteiger partial charge in [-0.15, -0.1) is 0 Å². The smallest absolute Gasteiger partial charge is 0.311 e. The Hall–Kier alpha value is -3.75. The van der Waals surface area contributed by atoms with E-state index in [1.807, 2.05) is 0 Å². The van der Waals surface area contributed by atoms with Crippen molar-refractivity contribution in [3.63, 3.8) is 0 Å². The lowest BCUT2D eigenvalue weighted by molar-refractivity contribution is -0.151. The van der Waals surface area contributed by atoms with Gasteiger partial charge >= 0.3 is 5.97 Å². The highest BCUT2D eigenvalue weighted by molar-refractivity contribution is 6.01. The molecule has 0 bridgehead atoms. The van der Waals surface area contributed by atoms with Crippen LogP contribution < -0.4 is 24.4 Å². The van der Waals surface area contributed by atoms with Gasteiger partial charge in [-0.2, -0.15) is 0 Å². The molecule has 1 saturated heterocycles. The number of para-hydroxylation sites is 2. The number of nitrogens with zero attached hydrogens (tertiary/aromatic N) is 1. The van der Waals surface area contributed by atoms with Crippen LogP contribution in [0.15, 0.2) is 42.5 Å². The molecule has 9 nitrogen and oxygen atoms in total. The van der Waals surface area contributed by atoms with Gasteiger partial charge in [0.15, 0.2) is 6.61 Å².